The molecule has 0 saturated heterocycles. The average molecular weight is 274 g/mol. The molecule has 0 amide bonds. The molecule has 0 aliphatic heterocycles. The van der Waals surface area contributed by atoms with Gasteiger partial charge in [0.05, 0.1) is 0 Å². The minimum atomic E-state index is -4.51. The first kappa shape index (κ1) is 12.3. The maximum atomic E-state index is 11.8. The normalized spacial score (nSPS) is 18.6. The molecule has 0 bridgehead atoms. The summed E-state index contributed by atoms with van der Waals surface area (Å²) in [6.07, 6.45) is 2.88. The zero-order chi connectivity index (χ0) is 13.6. The van der Waals surface area contributed by atoms with Gasteiger partial charge in [-0.3, -0.25) is 9.36 Å². The maximum Gasteiger partial charge on any atom is 0.340 e. The van der Waals surface area contributed by atoms with Crippen LogP contribution < -0.4 is 0 Å². The number of hydrogen-bond donors (Lipinski definition) is 2. The van der Waals surface area contributed by atoms with Crippen molar-refractivity contribution in [1.29, 1.82) is 0 Å². The maximum absolute atomic E-state index is 11.8. The average Bonchev–Trinajstić information content (AvgIpc) is 2.36. The van der Waals surface area contributed by atoms with Crippen molar-refractivity contribution in [3.63, 3.8) is 0 Å². The summed E-state index contributed by atoms with van der Waals surface area (Å²) in [5.41, 5.74) is -0.261. The molecule has 5 heteroatoms. The highest BCUT2D eigenvalue weighted by atomic mass is 31.2. The molecule has 0 fully saturated rings. The van der Waals surface area contributed by atoms with E-state index in [9.17, 15) is 19.1 Å². The van der Waals surface area contributed by atoms with E-state index in [0.29, 0.717) is 11.1 Å². The minimum absolute atomic E-state index is 0.402. The van der Waals surface area contributed by atoms with E-state index in [1.54, 1.807) is 18.2 Å². The lowest BCUT2D eigenvalue weighted by Gasteiger charge is -2.22. The van der Waals surface area contributed by atoms with Crippen LogP contribution in [0, 0.1) is 0 Å². The fourth-order valence-electron chi connectivity index (χ4n) is 2.49. The number of rotatable bonds is 1. The van der Waals surface area contributed by atoms with Crippen LogP contribution in [0.4, 0.5) is 0 Å². The van der Waals surface area contributed by atoms with E-state index in [-0.39, 0.29) is 0 Å². The number of fused-ring (bicyclic) bond motifs is 3. The summed E-state index contributed by atoms with van der Waals surface area (Å²) in [5.74, 6) is -0.545. The monoisotopic (exact) mass is 274 g/mol. The summed E-state index contributed by atoms with van der Waals surface area (Å²) in [6.45, 7) is 0. The van der Waals surface area contributed by atoms with Crippen LogP contribution in [0.25, 0.3) is 16.8 Å². The van der Waals surface area contributed by atoms with Gasteiger partial charge in [-0.15, -0.1) is 0 Å². The van der Waals surface area contributed by atoms with Gasteiger partial charge in [0, 0.05) is 0 Å². The summed E-state index contributed by atoms with van der Waals surface area (Å²) in [5, 5.41) is 1.87. The van der Waals surface area contributed by atoms with Gasteiger partial charge in [-0.2, -0.15) is 0 Å². The highest BCUT2D eigenvalue weighted by Crippen LogP contribution is 2.55. The van der Waals surface area contributed by atoms with Gasteiger partial charge in [0.2, 0.25) is 0 Å². The Morgan fingerprint density at radius 1 is 1.00 bits per heavy atom. The topological polar surface area (TPSA) is 74.6 Å². The van der Waals surface area contributed by atoms with Crippen molar-refractivity contribution >= 4 is 30.2 Å². The Morgan fingerprint density at radius 3 is 2.47 bits per heavy atom. The van der Waals surface area contributed by atoms with Crippen LogP contribution in [-0.4, -0.2) is 15.6 Å². The molecule has 2 aromatic rings. The summed E-state index contributed by atoms with van der Waals surface area (Å²) in [6, 6.07) is 11.0. The standard InChI is InChI=1S/C14H11O4P/c15-13-8-7-11-10-4-2-1-3-9(10)5-6-12(11)14(13)19(16,17)18/h1-8,14H,(H2,16,17,18). The third kappa shape index (κ3) is 1.94. The van der Waals surface area contributed by atoms with Crippen molar-refractivity contribution < 1.29 is 19.1 Å². The van der Waals surface area contributed by atoms with Crippen LogP contribution in [0.5, 0.6) is 0 Å². The summed E-state index contributed by atoms with van der Waals surface area (Å²) in [7, 11) is -4.51. The predicted molar refractivity (Wildman–Crippen MR) is 72.8 cm³/mol. The number of allylic oxidation sites excluding steroid dienone is 1. The molecule has 0 saturated carbocycles. The number of hydrogen-bond acceptors (Lipinski definition) is 2. The molecule has 0 aromatic heterocycles. The molecule has 0 radical (unpaired) electrons. The van der Waals surface area contributed by atoms with E-state index in [0.717, 1.165) is 10.8 Å². The lowest BCUT2D eigenvalue weighted by atomic mass is 9.91. The summed E-state index contributed by atoms with van der Waals surface area (Å²) < 4.78 is 11.5. The van der Waals surface area contributed by atoms with Crippen molar-refractivity contribution in [1.82, 2.24) is 0 Å². The van der Waals surface area contributed by atoms with Gasteiger partial charge in [0.15, 0.2) is 5.78 Å². The zero-order valence-electron chi connectivity index (χ0n) is 9.85. The Labute approximate surface area is 109 Å². The van der Waals surface area contributed by atoms with Crippen LogP contribution in [0.15, 0.2) is 42.5 Å². The van der Waals surface area contributed by atoms with Gasteiger partial charge in [-0.1, -0.05) is 42.5 Å². The molecular weight excluding hydrogens is 263 g/mol. The second-order valence-electron chi connectivity index (χ2n) is 4.52. The third-order valence-corrected chi connectivity index (χ3v) is 4.52. The largest absolute Gasteiger partial charge is 0.340 e. The first-order chi connectivity index (χ1) is 8.98. The van der Waals surface area contributed by atoms with Crippen molar-refractivity contribution in [3.8, 4) is 0 Å². The molecule has 1 unspecified atom stereocenters. The highest BCUT2D eigenvalue weighted by molar-refractivity contribution is 7.53. The van der Waals surface area contributed by atoms with Gasteiger partial charge in [-0.05, 0) is 28.0 Å². The van der Waals surface area contributed by atoms with Crippen LogP contribution in [0.3, 0.4) is 0 Å². The molecule has 2 N–H and O–H groups in total. The Kier molecular flexibility index (Phi) is 2.68. The quantitative estimate of drug-likeness (QED) is 0.784. The lowest BCUT2D eigenvalue weighted by Crippen LogP contribution is -2.15. The Bertz CT molecular complexity index is 757. The Balaban J connectivity index is 2.35. The molecule has 1 aliphatic rings. The van der Waals surface area contributed by atoms with E-state index in [1.807, 2.05) is 24.3 Å². The van der Waals surface area contributed by atoms with Crippen LogP contribution in [0.2, 0.25) is 0 Å². The molecule has 3 rings (SSSR count). The predicted octanol–water partition coefficient (Wildman–Crippen LogP) is 2.65. The summed E-state index contributed by atoms with van der Waals surface area (Å²) in [4.78, 5) is 30.5. The molecule has 1 aliphatic carbocycles. The highest BCUT2D eigenvalue weighted by Gasteiger charge is 2.39. The lowest BCUT2D eigenvalue weighted by molar-refractivity contribution is -0.114. The molecule has 4 nitrogen and oxygen atoms in total. The van der Waals surface area contributed by atoms with Crippen molar-refractivity contribution in [2.45, 2.75) is 5.66 Å². The molecule has 96 valence electrons. The first-order valence-electron chi connectivity index (χ1n) is 5.77. The molecule has 1 atom stereocenters. The van der Waals surface area contributed by atoms with Crippen molar-refractivity contribution in [2.75, 3.05) is 0 Å². The first-order valence-corrected chi connectivity index (χ1v) is 7.45. The molecular formula is C14H11O4P. The third-order valence-electron chi connectivity index (χ3n) is 3.32. The van der Waals surface area contributed by atoms with Gasteiger partial charge >= 0.3 is 7.60 Å². The van der Waals surface area contributed by atoms with Crippen LogP contribution >= 0.6 is 7.60 Å². The molecule has 0 heterocycles. The van der Waals surface area contributed by atoms with E-state index in [4.69, 9.17) is 0 Å². The van der Waals surface area contributed by atoms with Gasteiger partial charge in [0.1, 0.15) is 5.66 Å². The molecule has 2 aromatic carbocycles. The zero-order valence-corrected chi connectivity index (χ0v) is 10.7. The van der Waals surface area contributed by atoms with Gasteiger partial charge in [0.25, 0.3) is 0 Å². The SMILES string of the molecule is O=C1C=Cc2c(ccc3ccccc23)C1P(=O)(O)O. The molecule has 19 heavy (non-hydrogen) atoms. The van der Waals surface area contributed by atoms with E-state index < -0.39 is 19.0 Å². The smallest absolute Gasteiger partial charge is 0.324 e. The minimum Gasteiger partial charge on any atom is -0.324 e. The molecule has 0 spiro atoms. The number of benzene rings is 2. The fourth-order valence-corrected chi connectivity index (χ4v) is 3.50. The van der Waals surface area contributed by atoms with Crippen molar-refractivity contribution in [3.05, 3.63) is 53.6 Å². The Morgan fingerprint density at radius 2 is 1.74 bits per heavy atom. The number of carbonyl (C=O) groups excluding carboxylic acids is 1. The second kappa shape index (κ2) is 4.14. The number of ketones is 1. The van der Waals surface area contributed by atoms with Gasteiger partial charge < -0.3 is 9.79 Å². The second-order valence-corrected chi connectivity index (χ2v) is 6.21. The van der Waals surface area contributed by atoms with Crippen molar-refractivity contribution in [2.24, 2.45) is 0 Å². The van der Waals surface area contributed by atoms with Crippen LogP contribution in [0.1, 0.15) is 16.8 Å². The van der Waals surface area contributed by atoms with Gasteiger partial charge in [-0.25, -0.2) is 0 Å². The van der Waals surface area contributed by atoms with E-state index >= 15 is 0 Å². The number of carbonyl (C=O) groups is 1. The fraction of sp³-hybridized carbons (Fsp3) is 0.0714. The summed E-state index contributed by atoms with van der Waals surface area (Å²) >= 11 is 0. The van der Waals surface area contributed by atoms with E-state index in [2.05, 4.69) is 0 Å². The van der Waals surface area contributed by atoms with E-state index in [1.165, 1.54) is 6.08 Å². The van der Waals surface area contributed by atoms with Crippen LogP contribution in [-0.2, 0) is 9.36 Å². The Hall–Kier alpha value is -1.74.